The number of amides is 1. The maximum atomic E-state index is 12.1. The predicted molar refractivity (Wildman–Crippen MR) is 79.9 cm³/mol. The van der Waals surface area contributed by atoms with Gasteiger partial charge in [0.2, 0.25) is 5.91 Å². The van der Waals surface area contributed by atoms with Gasteiger partial charge in [-0.05, 0) is 29.3 Å². The molecule has 0 fully saturated rings. The van der Waals surface area contributed by atoms with Gasteiger partial charge in [-0.2, -0.15) is 0 Å². The van der Waals surface area contributed by atoms with E-state index in [-0.39, 0.29) is 18.5 Å². The Kier molecular flexibility index (Phi) is 4.44. The van der Waals surface area contributed by atoms with E-state index in [1.807, 2.05) is 6.07 Å². The molecule has 1 aromatic heterocycles. The second kappa shape index (κ2) is 6.50. The first-order chi connectivity index (χ1) is 10.6. The van der Waals surface area contributed by atoms with Crippen LogP contribution in [0.25, 0.3) is 0 Å². The Bertz CT molecular complexity index is 677. The van der Waals surface area contributed by atoms with Crippen LogP contribution in [0.3, 0.4) is 0 Å². The van der Waals surface area contributed by atoms with Crippen molar-refractivity contribution in [3.8, 4) is 5.75 Å². The normalized spacial score (nSPS) is 17.3. The molecule has 0 radical (unpaired) electrons. The maximum absolute atomic E-state index is 12.1. The van der Waals surface area contributed by atoms with Gasteiger partial charge in [-0.1, -0.05) is 29.3 Å². The average Bonchev–Trinajstić information content (AvgIpc) is 2.91. The van der Waals surface area contributed by atoms with Crippen LogP contribution < -0.4 is 10.1 Å². The Morgan fingerprint density at radius 2 is 2.32 bits per heavy atom. The summed E-state index contributed by atoms with van der Waals surface area (Å²) >= 11 is 12.2. The van der Waals surface area contributed by atoms with Crippen molar-refractivity contribution in [2.75, 3.05) is 6.61 Å². The highest BCUT2D eigenvalue weighted by Gasteiger charge is 2.24. The first kappa shape index (κ1) is 15.1. The summed E-state index contributed by atoms with van der Waals surface area (Å²) in [6.45, 7) is 0.591. The van der Waals surface area contributed by atoms with Gasteiger partial charge in [0.25, 0.3) is 0 Å². The number of tetrazole rings is 1. The predicted octanol–water partition coefficient (Wildman–Crippen LogP) is 2.01. The smallest absolute Gasteiger partial charge is 0.242 e. The van der Waals surface area contributed by atoms with Crippen LogP contribution in [0.1, 0.15) is 24.4 Å². The molecule has 0 unspecified atom stereocenters. The van der Waals surface area contributed by atoms with Crippen molar-refractivity contribution < 1.29 is 9.53 Å². The summed E-state index contributed by atoms with van der Waals surface area (Å²) in [5, 5.41) is 14.4. The maximum Gasteiger partial charge on any atom is 0.242 e. The van der Waals surface area contributed by atoms with Crippen LogP contribution in [0.4, 0.5) is 0 Å². The van der Waals surface area contributed by atoms with Crippen molar-refractivity contribution in [1.29, 1.82) is 0 Å². The average molecular weight is 342 g/mol. The number of halogens is 2. The molecule has 1 aliphatic rings. The molecule has 2 aromatic rings. The Morgan fingerprint density at radius 1 is 1.45 bits per heavy atom. The molecule has 116 valence electrons. The SMILES string of the molecule is O=C(Cn1cnnn1)N[C@H]1CCCOc2c1ccc(Cl)c2Cl. The van der Waals surface area contributed by atoms with Gasteiger partial charge in [0, 0.05) is 5.56 Å². The van der Waals surface area contributed by atoms with Crippen LogP contribution in [-0.2, 0) is 11.3 Å². The van der Waals surface area contributed by atoms with Crippen molar-refractivity contribution in [3.63, 3.8) is 0 Å². The number of rotatable bonds is 3. The van der Waals surface area contributed by atoms with E-state index in [0.29, 0.717) is 22.4 Å². The van der Waals surface area contributed by atoms with Crippen molar-refractivity contribution >= 4 is 29.1 Å². The summed E-state index contributed by atoms with van der Waals surface area (Å²) in [5.74, 6) is 0.357. The minimum absolute atomic E-state index is 0.0566. The van der Waals surface area contributed by atoms with Crippen molar-refractivity contribution in [3.05, 3.63) is 34.1 Å². The number of ether oxygens (including phenoxy) is 1. The summed E-state index contributed by atoms with van der Waals surface area (Å²) in [4.78, 5) is 12.1. The van der Waals surface area contributed by atoms with E-state index in [1.165, 1.54) is 11.0 Å². The molecule has 0 saturated carbocycles. The molecule has 3 rings (SSSR count). The van der Waals surface area contributed by atoms with Crippen molar-refractivity contribution in [2.45, 2.75) is 25.4 Å². The minimum atomic E-state index is -0.184. The number of benzene rings is 1. The van der Waals surface area contributed by atoms with E-state index in [4.69, 9.17) is 27.9 Å². The number of hydrogen-bond acceptors (Lipinski definition) is 5. The van der Waals surface area contributed by atoms with E-state index in [0.717, 1.165) is 18.4 Å². The Balaban J connectivity index is 1.80. The Hall–Kier alpha value is -1.86. The van der Waals surface area contributed by atoms with E-state index in [1.54, 1.807) is 6.07 Å². The molecule has 1 aromatic carbocycles. The fraction of sp³-hybridized carbons (Fsp3) is 0.385. The van der Waals surface area contributed by atoms with Crippen molar-refractivity contribution in [1.82, 2.24) is 25.5 Å². The fourth-order valence-electron chi connectivity index (χ4n) is 2.38. The lowest BCUT2D eigenvalue weighted by Crippen LogP contribution is -2.31. The van der Waals surface area contributed by atoms with Crippen LogP contribution in [0.5, 0.6) is 5.75 Å². The van der Waals surface area contributed by atoms with Gasteiger partial charge in [-0.25, -0.2) is 4.68 Å². The lowest BCUT2D eigenvalue weighted by Gasteiger charge is -2.19. The van der Waals surface area contributed by atoms with Gasteiger partial charge in [-0.15, -0.1) is 5.10 Å². The molecule has 7 nitrogen and oxygen atoms in total. The zero-order valence-electron chi connectivity index (χ0n) is 11.5. The second-order valence-electron chi connectivity index (χ2n) is 4.90. The van der Waals surface area contributed by atoms with E-state index in [2.05, 4.69) is 20.8 Å². The highest BCUT2D eigenvalue weighted by atomic mass is 35.5. The zero-order valence-corrected chi connectivity index (χ0v) is 13.0. The topological polar surface area (TPSA) is 81.9 Å². The number of carbonyl (C=O) groups excluding carboxylic acids is 1. The highest BCUT2D eigenvalue weighted by molar-refractivity contribution is 6.43. The molecule has 0 bridgehead atoms. The van der Waals surface area contributed by atoms with E-state index in [9.17, 15) is 4.79 Å². The molecule has 0 saturated heterocycles. The third kappa shape index (κ3) is 3.15. The molecule has 1 atom stereocenters. The summed E-state index contributed by atoms with van der Waals surface area (Å²) in [7, 11) is 0. The van der Waals surface area contributed by atoms with Crippen LogP contribution in [0, 0.1) is 0 Å². The van der Waals surface area contributed by atoms with Gasteiger partial charge in [0.15, 0.2) is 0 Å². The van der Waals surface area contributed by atoms with Crippen LogP contribution in [-0.4, -0.2) is 32.7 Å². The minimum Gasteiger partial charge on any atom is -0.492 e. The van der Waals surface area contributed by atoms with Crippen LogP contribution >= 0.6 is 23.2 Å². The second-order valence-corrected chi connectivity index (χ2v) is 5.68. The third-order valence-corrected chi connectivity index (χ3v) is 4.16. The molecule has 2 heterocycles. The quantitative estimate of drug-likeness (QED) is 0.923. The standard InChI is InChI=1S/C13H13Cl2N5O2/c14-9-4-3-8-10(2-1-5-22-13(8)12(9)15)17-11(21)6-20-7-16-18-19-20/h3-4,7,10H,1-2,5-6H2,(H,17,21)/t10-/m0/s1. The van der Waals surface area contributed by atoms with Crippen LogP contribution in [0.2, 0.25) is 10.0 Å². The lowest BCUT2D eigenvalue weighted by molar-refractivity contribution is -0.122. The monoisotopic (exact) mass is 341 g/mol. The van der Waals surface area contributed by atoms with Gasteiger partial charge >= 0.3 is 0 Å². The number of aromatic nitrogens is 4. The van der Waals surface area contributed by atoms with Gasteiger partial charge < -0.3 is 10.1 Å². The Morgan fingerprint density at radius 3 is 3.09 bits per heavy atom. The first-order valence-electron chi connectivity index (χ1n) is 6.76. The number of fused-ring (bicyclic) bond motifs is 1. The molecule has 22 heavy (non-hydrogen) atoms. The molecule has 9 heteroatoms. The summed E-state index contributed by atoms with van der Waals surface area (Å²) in [6, 6.07) is 3.35. The van der Waals surface area contributed by atoms with E-state index < -0.39 is 0 Å². The summed E-state index contributed by atoms with van der Waals surface area (Å²) in [6.07, 6.45) is 2.95. The molecular weight excluding hydrogens is 329 g/mol. The number of nitrogens with zero attached hydrogens (tertiary/aromatic N) is 4. The molecule has 0 spiro atoms. The summed E-state index contributed by atoms with van der Waals surface area (Å²) < 4.78 is 7.03. The molecule has 1 N–H and O–H groups in total. The largest absolute Gasteiger partial charge is 0.492 e. The molecule has 0 aliphatic carbocycles. The van der Waals surface area contributed by atoms with Gasteiger partial charge in [0.05, 0.1) is 17.7 Å². The fourth-order valence-corrected chi connectivity index (χ4v) is 2.75. The highest BCUT2D eigenvalue weighted by Crippen LogP contribution is 2.40. The van der Waals surface area contributed by atoms with E-state index >= 15 is 0 Å². The number of nitrogens with one attached hydrogen (secondary N) is 1. The zero-order chi connectivity index (χ0) is 15.5. The molecule has 1 aliphatic heterocycles. The first-order valence-corrected chi connectivity index (χ1v) is 7.51. The third-order valence-electron chi connectivity index (χ3n) is 3.37. The Labute approximate surface area is 136 Å². The summed E-state index contributed by atoms with van der Waals surface area (Å²) in [5.41, 5.74) is 0.831. The molecule has 1 amide bonds. The number of carbonyl (C=O) groups is 1. The lowest BCUT2D eigenvalue weighted by atomic mass is 10.0. The molecular formula is C13H13Cl2N5O2. The van der Waals surface area contributed by atoms with Gasteiger partial charge in [-0.3, -0.25) is 4.79 Å². The number of hydrogen-bond donors (Lipinski definition) is 1. The van der Waals surface area contributed by atoms with Gasteiger partial charge in [0.1, 0.15) is 23.6 Å². The van der Waals surface area contributed by atoms with Crippen molar-refractivity contribution in [2.24, 2.45) is 0 Å². The van der Waals surface area contributed by atoms with Crippen LogP contribution in [0.15, 0.2) is 18.5 Å².